The second-order valence-corrected chi connectivity index (χ2v) is 3.81. The molecule has 2 rings (SSSR count). The van der Waals surface area contributed by atoms with Gasteiger partial charge < -0.3 is 9.84 Å². The van der Waals surface area contributed by atoms with Gasteiger partial charge in [-0.25, -0.2) is 0 Å². The fourth-order valence-corrected chi connectivity index (χ4v) is 2.46. The summed E-state index contributed by atoms with van der Waals surface area (Å²) >= 11 is 0. The van der Waals surface area contributed by atoms with E-state index in [2.05, 4.69) is 5.92 Å². The standard InChI is InChI=1S/C10H14O2/c1-2-4-9-10(11)6-3-5-8(10)7-12-9/h1,8-9,11H,3-7H2/t8-,9-,10+/m0/s1. The smallest absolute Gasteiger partial charge is 0.0974 e. The molecule has 0 aromatic carbocycles. The minimum Gasteiger partial charge on any atom is -0.387 e. The first kappa shape index (κ1) is 8.10. The first-order chi connectivity index (χ1) is 5.77. The Morgan fingerprint density at radius 3 is 3.25 bits per heavy atom. The minimum atomic E-state index is -0.591. The van der Waals surface area contributed by atoms with E-state index >= 15 is 0 Å². The van der Waals surface area contributed by atoms with Gasteiger partial charge in [0.2, 0.25) is 0 Å². The largest absolute Gasteiger partial charge is 0.387 e. The van der Waals surface area contributed by atoms with Gasteiger partial charge in [-0.3, -0.25) is 0 Å². The Hall–Kier alpha value is -0.520. The van der Waals surface area contributed by atoms with Gasteiger partial charge in [0, 0.05) is 12.3 Å². The molecule has 1 heterocycles. The van der Waals surface area contributed by atoms with Crippen LogP contribution in [0.4, 0.5) is 0 Å². The van der Waals surface area contributed by atoms with Crippen LogP contribution in [0.2, 0.25) is 0 Å². The van der Waals surface area contributed by atoms with Crippen LogP contribution in [0.1, 0.15) is 25.7 Å². The van der Waals surface area contributed by atoms with Crippen LogP contribution in [0.3, 0.4) is 0 Å². The van der Waals surface area contributed by atoms with Crippen molar-refractivity contribution >= 4 is 0 Å². The first-order valence-corrected chi connectivity index (χ1v) is 4.55. The van der Waals surface area contributed by atoms with Gasteiger partial charge in [-0.15, -0.1) is 12.3 Å². The molecule has 2 heteroatoms. The van der Waals surface area contributed by atoms with Crippen molar-refractivity contribution in [2.75, 3.05) is 6.61 Å². The zero-order valence-electron chi connectivity index (χ0n) is 7.12. The van der Waals surface area contributed by atoms with Crippen molar-refractivity contribution in [1.29, 1.82) is 0 Å². The maximum atomic E-state index is 10.2. The number of fused-ring (bicyclic) bond motifs is 1. The normalized spacial score (nSPS) is 45.7. The summed E-state index contributed by atoms with van der Waals surface area (Å²) in [5.74, 6) is 2.91. The van der Waals surface area contributed by atoms with Crippen molar-refractivity contribution in [1.82, 2.24) is 0 Å². The van der Waals surface area contributed by atoms with E-state index in [0.29, 0.717) is 18.9 Å². The van der Waals surface area contributed by atoms with E-state index in [4.69, 9.17) is 11.2 Å². The average Bonchev–Trinajstić information content (AvgIpc) is 2.51. The van der Waals surface area contributed by atoms with Gasteiger partial charge in [0.1, 0.15) is 0 Å². The predicted octanol–water partition coefficient (Wildman–Crippen LogP) is 0.940. The van der Waals surface area contributed by atoms with E-state index in [0.717, 1.165) is 19.3 Å². The lowest BCUT2D eigenvalue weighted by atomic mass is 9.87. The number of terminal acetylenes is 1. The molecule has 2 fully saturated rings. The molecule has 1 saturated carbocycles. The van der Waals surface area contributed by atoms with E-state index in [9.17, 15) is 5.11 Å². The Kier molecular flexibility index (Phi) is 1.86. The summed E-state index contributed by atoms with van der Waals surface area (Å²) in [7, 11) is 0. The van der Waals surface area contributed by atoms with Gasteiger partial charge in [-0.2, -0.15) is 0 Å². The minimum absolute atomic E-state index is 0.102. The van der Waals surface area contributed by atoms with E-state index in [1.54, 1.807) is 0 Å². The summed E-state index contributed by atoms with van der Waals surface area (Å²) < 4.78 is 5.47. The third-order valence-corrected chi connectivity index (χ3v) is 3.20. The van der Waals surface area contributed by atoms with Crippen LogP contribution >= 0.6 is 0 Å². The Morgan fingerprint density at radius 2 is 2.50 bits per heavy atom. The molecule has 1 saturated heterocycles. The van der Waals surface area contributed by atoms with Gasteiger partial charge >= 0.3 is 0 Å². The molecular weight excluding hydrogens is 152 g/mol. The lowest BCUT2D eigenvalue weighted by Gasteiger charge is -2.26. The van der Waals surface area contributed by atoms with Crippen molar-refractivity contribution in [2.45, 2.75) is 37.4 Å². The molecule has 0 unspecified atom stereocenters. The lowest BCUT2D eigenvalue weighted by molar-refractivity contribution is -0.0407. The maximum Gasteiger partial charge on any atom is 0.0974 e. The number of hydrogen-bond donors (Lipinski definition) is 1. The highest BCUT2D eigenvalue weighted by atomic mass is 16.5. The van der Waals surface area contributed by atoms with Crippen molar-refractivity contribution < 1.29 is 9.84 Å². The molecule has 2 aliphatic rings. The molecular formula is C10H14O2. The third-order valence-electron chi connectivity index (χ3n) is 3.20. The number of ether oxygens (including phenoxy) is 1. The highest BCUT2D eigenvalue weighted by Crippen LogP contribution is 2.45. The van der Waals surface area contributed by atoms with E-state index in [1.807, 2.05) is 0 Å². The molecule has 0 amide bonds. The average molecular weight is 166 g/mol. The van der Waals surface area contributed by atoms with Crippen LogP contribution in [-0.2, 0) is 4.74 Å². The molecule has 2 nitrogen and oxygen atoms in total. The van der Waals surface area contributed by atoms with Crippen LogP contribution < -0.4 is 0 Å². The van der Waals surface area contributed by atoms with Crippen LogP contribution in [0, 0.1) is 18.3 Å². The second kappa shape index (κ2) is 2.76. The number of rotatable bonds is 1. The quantitative estimate of drug-likeness (QED) is 0.587. The molecule has 1 N–H and O–H groups in total. The Bertz CT molecular complexity index is 218. The molecule has 0 spiro atoms. The summed E-state index contributed by atoms with van der Waals surface area (Å²) in [5, 5.41) is 10.2. The molecule has 0 aromatic heterocycles. The van der Waals surface area contributed by atoms with Crippen LogP contribution in [-0.4, -0.2) is 23.4 Å². The fourth-order valence-electron chi connectivity index (χ4n) is 2.46. The zero-order valence-corrected chi connectivity index (χ0v) is 7.12. The lowest BCUT2D eigenvalue weighted by Crippen LogP contribution is -2.39. The molecule has 0 bridgehead atoms. The summed E-state index contributed by atoms with van der Waals surface area (Å²) in [6, 6.07) is 0. The third kappa shape index (κ3) is 0.972. The summed E-state index contributed by atoms with van der Waals surface area (Å²) in [5.41, 5.74) is -0.591. The Morgan fingerprint density at radius 1 is 1.67 bits per heavy atom. The van der Waals surface area contributed by atoms with Gasteiger partial charge in [-0.05, 0) is 19.3 Å². The van der Waals surface area contributed by atoms with Gasteiger partial charge in [-0.1, -0.05) is 0 Å². The highest BCUT2D eigenvalue weighted by Gasteiger charge is 2.52. The van der Waals surface area contributed by atoms with Crippen molar-refractivity contribution in [3.8, 4) is 12.3 Å². The van der Waals surface area contributed by atoms with Crippen molar-refractivity contribution in [3.63, 3.8) is 0 Å². The number of aliphatic hydroxyl groups is 1. The van der Waals surface area contributed by atoms with Crippen molar-refractivity contribution in [2.24, 2.45) is 5.92 Å². The summed E-state index contributed by atoms with van der Waals surface area (Å²) in [6.45, 7) is 0.697. The van der Waals surface area contributed by atoms with Crippen LogP contribution in [0.15, 0.2) is 0 Å². The van der Waals surface area contributed by atoms with Gasteiger partial charge in [0.25, 0.3) is 0 Å². The number of hydrogen-bond acceptors (Lipinski definition) is 2. The van der Waals surface area contributed by atoms with E-state index in [-0.39, 0.29) is 6.10 Å². The van der Waals surface area contributed by atoms with Crippen LogP contribution in [0.5, 0.6) is 0 Å². The van der Waals surface area contributed by atoms with E-state index in [1.165, 1.54) is 0 Å². The van der Waals surface area contributed by atoms with Crippen molar-refractivity contribution in [3.05, 3.63) is 0 Å². The molecule has 1 aliphatic heterocycles. The fraction of sp³-hybridized carbons (Fsp3) is 0.800. The molecule has 0 radical (unpaired) electrons. The van der Waals surface area contributed by atoms with Gasteiger partial charge in [0.15, 0.2) is 0 Å². The molecule has 66 valence electrons. The molecule has 3 atom stereocenters. The first-order valence-electron chi connectivity index (χ1n) is 4.55. The summed E-state index contributed by atoms with van der Waals surface area (Å²) in [6.07, 6.45) is 8.73. The summed E-state index contributed by atoms with van der Waals surface area (Å²) in [4.78, 5) is 0. The molecule has 1 aliphatic carbocycles. The Balaban J connectivity index is 2.13. The molecule has 0 aromatic rings. The monoisotopic (exact) mass is 166 g/mol. The van der Waals surface area contributed by atoms with Crippen LogP contribution in [0.25, 0.3) is 0 Å². The zero-order chi connectivity index (χ0) is 8.60. The maximum absolute atomic E-state index is 10.2. The Labute approximate surface area is 72.9 Å². The topological polar surface area (TPSA) is 29.5 Å². The SMILES string of the molecule is C#CC[C@@H]1OC[C@@H]2CCC[C@@]21O. The predicted molar refractivity (Wildman–Crippen MR) is 45.5 cm³/mol. The molecule has 12 heavy (non-hydrogen) atoms. The van der Waals surface area contributed by atoms with Gasteiger partial charge in [0.05, 0.1) is 18.3 Å². The van der Waals surface area contributed by atoms with E-state index < -0.39 is 5.60 Å². The second-order valence-electron chi connectivity index (χ2n) is 3.81. The highest BCUT2D eigenvalue weighted by molar-refractivity contribution is 5.06.